The summed E-state index contributed by atoms with van der Waals surface area (Å²) < 4.78 is 26.5. The summed E-state index contributed by atoms with van der Waals surface area (Å²) >= 11 is 0. The predicted molar refractivity (Wildman–Crippen MR) is 129 cm³/mol. The molecule has 36 heavy (non-hydrogen) atoms. The molecule has 2 atom stereocenters. The smallest absolute Gasteiger partial charge is 0.354 e. The Morgan fingerprint density at radius 1 is 1.03 bits per heavy atom. The van der Waals surface area contributed by atoms with Crippen LogP contribution in [0.2, 0.25) is 0 Å². The van der Waals surface area contributed by atoms with Crippen LogP contribution in [0.1, 0.15) is 40.4 Å². The summed E-state index contributed by atoms with van der Waals surface area (Å²) in [5.41, 5.74) is 0.172. The van der Waals surface area contributed by atoms with Gasteiger partial charge in [-0.1, -0.05) is 36.4 Å². The number of carboxylic acids is 1. The van der Waals surface area contributed by atoms with E-state index in [1.807, 2.05) is 0 Å². The number of aliphatic hydroxyl groups excluding tert-OH is 1. The molecular weight excluding hydrogens is 492 g/mol. The Morgan fingerprint density at radius 3 is 2.19 bits per heavy atom. The monoisotopic (exact) mass is 522 g/mol. The maximum atomic E-state index is 12.9. The summed E-state index contributed by atoms with van der Waals surface area (Å²) in [6.07, 6.45) is -1.39. The van der Waals surface area contributed by atoms with Gasteiger partial charge in [-0.25, -0.2) is 23.3 Å². The molecule has 1 aromatic heterocycles. The lowest BCUT2D eigenvalue weighted by Gasteiger charge is -2.30. The number of carboxylic acid groups (broad SMARTS) is 1. The minimum atomic E-state index is -4.04. The third kappa shape index (κ3) is 7.81. The number of likely N-dealkylation sites (N-methyl/N-ethyl adjacent to an activating group) is 1. The van der Waals surface area contributed by atoms with Crippen molar-refractivity contribution in [3.05, 3.63) is 65.5 Å². The summed E-state index contributed by atoms with van der Waals surface area (Å²) in [4.78, 5) is 40.0. The van der Waals surface area contributed by atoms with E-state index in [0.29, 0.717) is 0 Å². The first-order chi connectivity index (χ1) is 16.8. The van der Waals surface area contributed by atoms with Crippen LogP contribution in [0.3, 0.4) is 0 Å². The van der Waals surface area contributed by atoms with Crippen molar-refractivity contribution in [3.63, 3.8) is 0 Å². The molecular formula is C23H30N4O8S. The average molecular weight is 523 g/mol. The van der Waals surface area contributed by atoms with Gasteiger partial charge in [0.25, 0.3) is 11.8 Å². The van der Waals surface area contributed by atoms with E-state index in [1.54, 1.807) is 30.3 Å². The summed E-state index contributed by atoms with van der Waals surface area (Å²) in [6, 6.07) is 11.6. The number of hydrogen-bond donors (Lipinski definition) is 4. The number of hydrogen-bond acceptors (Lipinski definition) is 8. The summed E-state index contributed by atoms with van der Waals surface area (Å²) in [5, 5.41) is 31.5. The van der Waals surface area contributed by atoms with Crippen molar-refractivity contribution in [1.82, 2.24) is 19.7 Å². The zero-order valence-electron chi connectivity index (χ0n) is 20.1. The summed E-state index contributed by atoms with van der Waals surface area (Å²) in [7, 11) is -2.99. The zero-order chi connectivity index (χ0) is 27.0. The number of aromatic carboxylic acids is 1. The van der Waals surface area contributed by atoms with Gasteiger partial charge in [0.15, 0.2) is 0 Å². The Balaban J connectivity index is 2.35. The van der Waals surface area contributed by atoms with Gasteiger partial charge in [0.1, 0.15) is 11.4 Å². The van der Waals surface area contributed by atoms with Crippen LogP contribution in [-0.2, 0) is 21.2 Å². The highest BCUT2D eigenvalue weighted by atomic mass is 32.2. The minimum Gasteiger partial charge on any atom is -0.477 e. The molecule has 0 radical (unpaired) electrons. The second kappa shape index (κ2) is 12.5. The standard InChI is InChI=1S/C23H30N4O8S/c1-15(2)36(34,35)27(14-21(29)26(3)33)13-20(28)19(12-16-8-5-4-6-9-16)25-22(30)17-10-7-11-18(24-17)23(31)32/h4-11,15,19-20,28,33H,12-14H2,1-3H3,(H,25,30)(H,31,32)/t19-,20+/m0/s1. The second-order valence-electron chi connectivity index (χ2n) is 8.35. The number of aromatic nitrogens is 1. The Bertz CT molecular complexity index is 1170. The lowest BCUT2D eigenvalue weighted by atomic mass is 10.0. The van der Waals surface area contributed by atoms with Crippen molar-refractivity contribution in [2.45, 2.75) is 37.7 Å². The third-order valence-electron chi connectivity index (χ3n) is 5.30. The van der Waals surface area contributed by atoms with E-state index in [-0.39, 0.29) is 22.9 Å². The number of sulfonamides is 1. The number of benzene rings is 1. The highest BCUT2D eigenvalue weighted by Gasteiger charge is 2.33. The molecule has 0 spiro atoms. The molecule has 1 heterocycles. The third-order valence-corrected chi connectivity index (χ3v) is 7.49. The minimum absolute atomic E-state index is 0.0930. The Kier molecular flexibility index (Phi) is 10.0. The van der Waals surface area contributed by atoms with Gasteiger partial charge < -0.3 is 15.5 Å². The highest BCUT2D eigenvalue weighted by Crippen LogP contribution is 2.14. The highest BCUT2D eigenvalue weighted by molar-refractivity contribution is 7.89. The molecule has 4 N–H and O–H groups in total. The van der Waals surface area contributed by atoms with Gasteiger partial charge in [0.05, 0.1) is 23.9 Å². The topological polar surface area (TPSA) is 177 Å². The lowest BCUT2D eigenvalue weighted by Crippen LogP contribution is -2.53. The number of rotatable bonds is 12. The number of hydroxylamine groups is 2. The SMILES string of the molecule is CC(C)S(=O)(=O)N(CC(=O)N(C)O)C[C@@H](O)[C@H](Cc1ccccc1)NC(=O)c1cccc(C(=O)O)n1. The van der Waals surface area contributed by atoms with Gasteiger partial charge in [0.2, 0.25) is 10.0 Å². The first kappa shape index (κ1) is 28.8. The molecule has 12 nitrogen and oxygen atoms in total. The van der Waals surface area contributed by atoms with Crippen molar-refractivity contribution in [2.24, 2.45) is 0 Å². The number of pyridine rings is 1. The lowest BCUT2D eigenvalue weighted by molar-refractivity contribution is -0.159. The van der Waals surface area contributed by atoms with Crippen LogP contribution >= 0.6 is 0 Å². The molecule has 0 bridgehead atoms. The van der Waals surface area contributed by atoms with E-state index in [0.717, 1.165) is 16.9 Å². The van der Waals surface area contributed by atoms with Gasteiger partial charge >= 0.3 is 5.97 Å². The molecule has 0 aliphatic rings. The van der Waals surface area contributed by atoms with Crippen LogP contribution in [0.5, 0.6) is 0 Å². The molecule has 0 saturated heterocycles. The fraction of sp³-hybridized carbons (Fsp3) is 0.391. The molecule has 1 aromatic carbocycles. The van der Waals surface area contributed by atoms with Gasteiger partial charge in [-0.05, 0) is 38.0 Å². The van der Waals surface area contributed by atoms with Crippen molar-refractivity contribution in [3.8, 4) is 0 Å². The van der Waals surface area contributed by atoms with Crippen molar-refractivity contribution in [2.75, 3.05) is 20.1 Å². The second-order valence-corrected chi connectivity index (χ2v) is 10.8. The number of carbonyl (C=O) groups is 3. The van der Waals surface area contributed by atoms with Crippen molar-refractivity contribution < 1.29 is 38.2 Å². The van der Waals surface area contributed by atoms with Crippen LogP contribution in [-0.4, -0.2) is 93.5 Å². The van der Waals surface area contributed by atoms with E-state index >= 15 is 0 Å². The molecule has 2 rings (SSSR count). The van der Waals surface area contributed by atoms with Crippen molar-refractivity contribution in [1.29, 1.82) is 0 Å². The molecule has 2 amide bonds. The summed E-state index contributed by atoms with van der Waals surface area (Å²) in [6.45, 7) is 1.54. The van der Waals surface area contributed by atoms with E-state index in [4.69, 9.17) is 5.11 Å². The number of aliphatic hydroxyl groups is 1. The molecule has 0 aliphatic heterocycles. The van der Waals surface area contributed by atoms with E-state index in [9.17, 15) is 33.1 Å². The largest absolute Gasteiger partial charge is 0.477 e. The number of amides is 2. The molecule has 0 aliphatic carbocycles. The van der Waals surface area contributed by atoms with Crippen LogP contribution in [0.25, 0.3) is 0 Å². The maximum absolute atomic E-state index is 12.9. The molecule has 2 aromatic rings. The van der Waals surface area contributed by atoms with E-state index < -0.39 is 58.3 Å². The van der Waals surface area contributed by atoms with Gasteiger partial charge in [-0.2, -0.15) is 4.31 Å². The number of carbonyl (C=O) groups excluding carboxylic acids is 2. The zero-order valence-corrected chi connectivity index (χ0v) is 20.9. The number of nitrogens with one attached hydrogen (secondary N) is 1. The fourth-order valence-corrected chi connectivity index (χ4v) is 4.47. The Morgan fingerprint density at radius 2 is 1.64 bits per heavy atom. The molecule has 196 valence electrons. The number of nitrogens with zero attached hydrogens (tertiary/aromatic N) is 3. The van der Waals surface area contributed by atoms with Crippen LogP contribution in [0.4, 0.5) is 0 Å². The Hall–Kier alpha value is -3.39. The van der Waals surface area contributed by atoms with Crippen LogP contribution < -0.4 is 5.32 Å². The Labute approximate surface area is 209 Å². The first-order valence-corrected chi connectivity index (χ1v) is 12.5. The van der Waals surface area contributed by atoms with Gasteiger partial charge in [0, 0.05) is 13.6 Å². The van der Waals surface area contributed by atoms with Crippen LogP contribution in [0, 0.1) is 0 Å². The van der Waals surface area contributed by atoms with Gasteiger partial charge in [-0.15, -0.1) is 0 Å². The van der Waals surface area contributed by atoms with Gasteiger partial charge in [-0.3, -0.25) is 14.8 Å². The van der Waals surface area contributed by atoms with E-state index in [1.165, 1.54) is 32.0 Å². The predicted octanol–water partition coefficient (Wildman–Crippen LogP) is 0.370. The first-order valence-electron chi connectivity index (χ1n) is 11.0. The van der Waals surface area contributed by atoms with E-state index in [2.05, 4.69) is 10.3 Å². The summed E-state index contributed by atoms with van der Waals surface area (Å²) in [5.74, 6) is -3.01. The molecule has 13 heteroatoms. The maximum Gasteiger partial charge on any atom is 0.354 e. The molecule has 0 fully saturated rings. The fourth-order valence-electron chi connectivity index (χ4n) is 3.22. The van der Waals surface area contributed by atoms with Crippen molar-refractivity contribution >= 4 is 27.8 Å². The molecule has 0 saturated carbocycles. The quantitative estimate of drug-likeness (QED) is 0.226. The average Bonchev–Trinajstić information content (AvgIpc) is 2.83. The normalized spacial score (nSPS) is 13.3. The van der Waals surface area contributed by atoms with Crippen LogP contribution in [0.15, 0.2) is 48.5 Å². The molecule has 0 unspecified atom stereocenters.